The fourth-order valence-corrected chi connectivity index (χ4v) is 16.7. The highest BCUT2D eigenvalue weighted by molar-refractivity contribution is 7.27. The molecule has 1 aliphatic heterocycles. The summed E-state index contributed by atoms with van der Waals surface area (Å²) in [6, 6.07) is 122. The average Bonchev–Trinajstić information content (AvgIpc) is 1.59. The second kappa shape index (κ2) is 30.0. The minimum Gasteiger partial charge on any atom is -0.399 e. The van der Waals surface area contributed by atoms with Crippen LogP contribution in [-0.2, 0) is 9.31 Å². The van der Waals surface area contributed by atoms with Gasteiger partial charge >= 0.3 is 7.12 Å². The van der Waals surface area contributed by atoms with Crippen molar-refractivity contribution in [3.63, 3.8) is 0 Å². The highest BCUT2D eigenvalue weighted by Gasteiger charge is 2.52. The lowest BCUT2D eigenvalue weighted by Gasteiger charge is -2.32. The quantitative estimate of drug-likeness (QED) is 0.112. The predicted molar refractivity (Wildman–Crippen MR) is 452 cm³/mol. The highest BCUT2D eigenvalue weighted by Crippen LogP contribution is 2.46. The molecule has 0 N–H and O–H groups in total. The molecule has 5 heterocycles. The molecular weight excluding hydrogens is 1380 g/mol. The van der Waals surface area contributed by atoms with Gasteiger partial charge in [-0.25, -0.2) is 19.9 Å². The Morgan fingerprint density at radius 3 is 0.926 bits per heavy atom. The molecule has 0 atom stereocenters. The summed E-state index contributed by atoms with van der Waals surface area (Å²) in [5.74, 6) is 3.11. The molecule has 0 radical (unpaired) electrons. The first-order chi connectivity index (χ1) is 52.9. The van der Waals surface area contributed by atoms with Crippen molar-refractivity contribution in [3.05, 3.63) is 357 Å². The van der Waals surface area contributed by atoms with Gasteiger partial charge in [0.25, 0.3) is 0 Å². The van der Waals surface area contributed by atoms with Gasteiger partial charge < -0.3 is 9.31 Å². The monoisotopic (exact) mass is 1450 g/mol. The number of thiophene rings is 2. The molecule has 108 heavy (non-hydrogen) atoms. The third-order valence-electron chi connectivity index (χ3n) is 20.2. The number of hydrogen-bond acceptors (Lipinski definition) is 10. The number of hydrogen-bond donors (Lipinski definition) is 0. The van der Waals surface area contributed by atoms with Crippen LogP contribution in [0.25, 0.3) is 164 Å². The van der Waals surface area contributed by atoms with Crippen LogP contribution in [0.5, 0.6) is 0 Å². The number of halogens is 1. The van der Waals surface area contributed by atoms with Crippen LogP contribution >= 0.6 is 34.3 Å². The first-order valence-electron chi connectivity index (χ1n) is 36.1. The van der Waals surface area contributed by atoms with Crippen LogP contribution in [0.3, 0.4) is 0 Å². The van der Waals surface area contributed by atoms with Gasteiger partial charge in [-0.05, 0) is 130 Å². The largest absolute Gasteiger partial charge is 0.496 e. The number of nitrogens with zero attached hydrogens (tertiary/aromatic N) is 6. The van der Waals surface area contributed by atoms with Gasteiger partial charge in [0.1, 0.15) is 0 Å². The van der Waals surface area contributed by atoms with Crippen molar-refractivity contribution in [1.82, 2.24) is 29.9 Å². The number of fused-ring (bicyclic) bond motifs is 6. The smallest absolute Gasteiger partial charge is 0.399 e. The molecule has 0 unspecified atom stereocenters. The fourth-order valence-electron chi connectivity index (χ4n) is 13.9. The van der Waals surface area contributed by atoms with Gasteiger partial charge in [-0.2, -0.15) is 9.97 Å². The van der Waals surface area contributed by atoms with E-state index in [1.165, 1.54) is 84.9 Å². The molecule has 0 aliphatic carbocycles. The Morgan fingerprint density at radius 1 is 0.241 bits per heavy atom. The second-order valence-corrected chi connectivity index (χ2v) is 30.0. The van der Waals surface area contributed by atoms with E-state index < -0.39 is 0 Å². The van der Waals surface area contributed by atoms with Crippen LogP contribution in [0.1, 0.15) is 27.7 Å². The van der Waals surface area contributed by atoms with E-state index in [2.05, 4.69) is 310 Å². The van der Waals surface area contributed by atoms with E-state index in [9.17, 15) is 0 Å². The van der Waals surface area contributed by atoms with Crippen molar-refractivity contribution in [2.24, 2.45) is 0 Å². The van der Waals surface area contributed by atoms with E-state index in [0.29, 0.717) is 29.1 Å². The Labute approximate surface area is 641 Å². The molecule has 14 aromatic carbocycles. The number of rotatable bonds is 12. The van der Waals surface area contributed by atoms with E-state index in [-0.39, 0.29) is 23.6 Å². The molecule has 0 spiro atoms. The number of aromatic nitrogens is 6. The maximum absolute atomic E-state index is 6.41. The molecule has 8 nitrogen and oxygen atoms in total. The van der Waals surface area contributed by atoms with Crippen molar-refractivity contribution in [2.45, 2.75) is 38.9 Å². The molecule has 1 fully saturated rings. The molecular formula is C96H70BClN6O2S2. The molecule has 0 saturated carbocycles. The normalized spacial score (nSPS) is 12.9. The Hall–Kier alpha value is -12.2. The lowest BCUT2D eigenvalue weighted by molar-refractivity contribution is 0.00578. The van der Waals surface area contributed by atoms with Crippen LogP contribution in [0, 0.1) is 0 Å². The summed E-state index contributed by atoms with van der Waals surface area (Å²) in [7, 11) is -0.365. The van der Waals surface area contributed by atoms with Gasteiger partial charge in [0, 0.05) is 68.2 Å². The third kappa shape index (κ3) is 14.2. The molecule has 0 bridgehead atoms. The van der Waals surface area contributed by atoms with Crippen LogP contribution in [0.2, 0.25) is 5.28 Å². The van der Waals surface area contributed by atoms with Gasteiger partial charge in [0.15, 0.2) is 29.1 Å². The molecule has 0 amide bonds. The molecule has 518 valence electrons. The van der Waals surface area contributed by atoms with Crippen molar-refractivity contribution < 1.29 is 9.31 Å². The SMILES string of the molecule is CC1(C)OB(c2cccc3c2sc2c(-c4ccc(-c5ccccc5)cc4)cccc23)OC1(C)C.Clc1nc(-c2ccccc2)nc(-c2cccc(-c3ccccc3)c2)n1.c1ccc(-c2ccc(-c3cccc4c3sc3c(-c5nc(-c6ccccc6)nc(-c6cccc(-c7ccccc7)c6)n5)cccc34)cc2)cc1. The molecule has 12 heteroatoms. The Morgan fingerprint density at radius 2 is 0.509 bits per heavy atom. The summed E-state index contributed by atoms with van der Waals surface area (Å²) >= 11 is 9.79. The van der Waals surface area contributed by atoms with Crippen molar-refractivity contribution in [1.29, 1.82) is 0 Å². The van der Waals surface area contributed by atoms with Gasteiger partial charge in [0.2, 0.25) is 5.28 Å². The van der Waals surface area contributed by atoms with Crippen LogP contribution in [0.15, 0.2) is 352 Å². The van der Waals surface area contributed by atoms with Crippen LogP contribution < -0.4 is 5.46 Å². The van der Waals surface area contributed by atoms with Gasteiger partial charge in [-0.1, -0.05) is 334 Å². The molecule has 1 aliphatic rings. The second-order valence-electron chi connectivity index (χ2n) is 27.6. The Balaban J connectivity index is 0.000000126. The van der Waals surface area contributed by atoms with Crippen molar-refractivity contribution >= 4 is 87.2 Å². The van der Waals surface area contributed by atoms with E-state index in [1.807, 2.05) is 108 Å². The minimum absolute atomic E-state index is 0.189. The van der Waals surface area contributed by atoms with Gasteiger partial charge in [-0.15, -0.1) is 22.7 Å². The van der Waals surface area contributed by atoms with Gasteiger partial charge in [0.05, 0.1) is 11.2 Å². The van der Waals surface area contributed by atoms with E-state index >= 15 is 0 Å². The molecule has 4 aromatic heterocycles. The standard InChI is InChI=1S/C45H29N3S.C30H27BO2S.C21H14ClN3/c1-4-13-30(14-5-1)32-25-27-33(28-26-32)37-21-11-22-38-39-23-12-24-40(42(39)49-41(37)38)45-47-43(34-17-8-3-9-18-34)46-44(48-45)36-20-10-19-35(29-36)31-15-6-2-7-16-31;1-29(2)30(3,4)33-31(32-29)26-15-9-14-25-24-13-8-12-23(27(24)34-28(25)26)22-18-16-21(17-19-22)20-10-6-5-7-11-20;22-21-24-19(16-10-5-2-6-11-16)23-20(25-21)18-13-7-12-17(14-18)15-8-3-1-4-9-15/h1-29H;5-19H,1-4H3;1-14H. The summed E-state index contributed by atoms with van der Waals surface area (Å²) in [5.41, 5.74) is 19.5. The van der Waals surface area contributed by atoms with E-state index in [0.717, 1.165) is 55.5 Å². The summed E-state index contributed by atoms with van der Waals surface area (Å²) in [5, 5.41) is 5.17. The molecule has 1 saturated heterocycles. The lowest BCUT2D eigenvalue weighted by atomic mass is 9.78. The fraction of sp³-hybridized carbons (Fsp3) is 0.0625. The Bertz CT molecular complexity index is 6230. The summed E-state index contributed by atoms with van der Waals surface area (Å²) in [6.07, 6.45) is 0. The maximum atomic E-state index is 6.41. The predicted octanol–water partition coefficient (Wildman–Crippen LogP) is 25.5. The molecule has 19 rings (SSSR count). The summed E-state index contributed by atoms with van der Waals surface area (Å²) < 4.78 is 17.8. The Kier molecular flexibility index (Phi) is 19.1. The zero-order chi connectivity index (χ0) is 73.1. The highest BCUT2D eigenvalue weighted by atomic mass is 35.5. The topological polar surface area (TPSA) is 95.8 Å². The average molecular weight is 1450 g/mol. The summed E-state index contributed by atoms with van der Waals surface area (Å²) in [6.45, 7) is 8.43. The zero-order valence-electron chi connectivity index (χ0n) is 59.8. The van der Waals surface area contributed by atoms with Crippen molar-refractivity contribution in [2.75, 3.05) is 0 Å². The third-order valence-corrected chi connectivity index (χ3v) is 23.0. The summed E-state index contributed by atoms with van der Waals surface area (Å²) in [4.78, 5) is 28.4. The first kappa shape index (κ1) is 68.9. The minimum atomic E-state index is -0.365. The van der Waals surface area contributed by atoms with E-state index in [4.69, 9.17) is 35.9 Å². The van der Waals surface area contributed by atoms with Gasteiger partial charge in [-0.3, -0.25) is 0 Å². The van der Waals surface area contributed by atoms with E-state index in [1.54, 1.807) is 0 Å². The molecule has 18 aromatic rings. The van der Waals surface area contributed by atoms with Crippen LogP contribution in [-0.4, -0.2) is 48.2 Å². The maximum Gasteiger partial charge on any atom is 0.496 e. The van der Waals surface area contributed by atoms with Crippen molar-refractivity contribution in [3.8, 4) is 124 Å². The zero-order valence-corrected chi connectivity index (χ0v) is 62.1. The lowest BCUT2D eigenvalue weighted by Crippen LogP contribution is -2.41. The number of benzene rings is 14. The first-order valence-corrected chi connectivity index (χ1v) is 38.1. The van der Waals surface area contributed by atoms with Crippen LogP contribution in [0.4, 0.5) is 0 Å².